The van der Waals surface area contributed by atoms with Crippen molar-refractivity contribution in [1.29, 1.82) is 0 Å². The molecule has 4 heterocycles. The topological polar surface area (TPSA) is 102 Å². The Kier molecular flexibility index (Phi) is 3.20. The van der Waals surface area contributed by atoms with Crippen LogP contribution in [0.15, 0.2) is 11.0 Å². The van der Waals surface area contributed by atoms with E-state index >= 15 is 0 Å². The average Bonchev–Trinajstić information content (AvgIpc) is 3.15. The van der Waals surface area contributed by atoms with Crippen LogP contribution in [-0.2, 0) is 9.47 Å². The first-order valence-corrected chi connectivity index (χ1v) is 7.60. The van der Waals surface area contributed by atoms with Crippen molar-refractivity contribution in [2.45, 2.75) is 25.6 Å². The van der Waals surface area contributed by atoms with Crippen LogP contribution in [0, 0.1) is 6.92 Å². The van der Waals surface area contributed by atoms with Crippen molar-refractivity contribution in [3.05, 3.63) is 27.9 Å². The number of amides is 1. The molecule has 1 amide bonds. The zero-order valence-electron chi connectivity index (χ0n) is 12.7. The smallest absolute Gasteiger partial charge is 0.276 e. The number of rotatable bonds is 1. The van der Waals surface area contributed by atoms with Crippen molar-refractivity contribution >= 4 is 11.4 Å². The molecule has 9 nitrogen and oxygen atoms in total. The molecular formula is C14H17N5O4. The molecule has 0 atom stereocenters. The van der Waals surface area contributed by atoms with Gasteiger partial charge < -0.3 is 19.4 Å². The Morgan fingerprint density at radius 2 is 2.00 bits per heavy atom. The summed E-state index contributed by atoms with van der Waals surface area (Å²) >= 11 is 0. The molecule has 2 aromatic heterocycles. The fourth-order valence-electron chi connectivity index (χ4n) is 3.18. The number of ether oxygens (including phenoxy) is 2. The van der Waals surface area contributed by atoms with Crippen molar-refractivity contribution in [3.8, 4) is 0 Å². The second-order valence-electron chi connectivity index (χ2n) is 5.90. The van der Waals surface area contributed by atoms with Gasteiger partial charge in [-0.1, -0.05) is 5.21 Å². The van der Waals surface area contributed by atoms with Crippen LogP contribution >= 0.6 is 0 Å². The van der Waals surface area contributed by atoms with E-state index in [9.17, 15) is 9.59 Å². The second kappa shape index (κ2) is 5.14. The Labute approximate surface area is 131 Å². The molecule has 2 aliphatic heterocycles. The summed E-state index contributed by atoms with van der Waals surface area (Å²) in [4.78, 5) is 29.1. The van der Waals surface area contributed by atoms with E-state index in [0.717, 1.165) is 0 Å². The maximum Gasteiger partial charge on any atom is 0.276 e. The summed E-state index contributed by atoms with van der Waals surface area (Å²) in [7, 11) is 0. The Hall–Kier alpha value is -2.26. The number of H-pyrrole nitrogens is 1. The summed E-state index contributed by atoms with van der Waals surface area (Å²) < 4.78 is 12.7. The number of likely N-dealkylation sites (tertiary alicyclic amines) is 1. The van der Waals surface area contributed by atoms with Gasteiger partial charge in [-0.2, -0.15) is 0 Å². The second-order valence-corrected chi connectivity index (χ2v) is 5.90. The third-order valence-electron chi connectivity index (χ3n) is 4.36. The Morgan fingerprint density at radius 3 is 2.70 bits per heavy atom. The van der Waals surface area contributed by atoms with Gasteiger partial charge in [0.2, 0.25) is 0 Å². The van der Waals surface area contributed by atoms with Gasteiger partial charge in [-0.3, -0.25) is 9.59 Å². The highest BCUT2D eigenvalue weighted by Gasteiger charge is 2.41. The zero-order chi connectivity index (χ0) is 16.0. The van der Waals surface area contributed by atoms with Gasteiger partial charge in [0.15, 0.2) is 17.0 Å². The highest BCUT2D eigenvalue weighted by molar-refractivity contribution is 5.98. The van der Waals surface area contributed by atoms with Crippen LogP contribution < -0.4 is 5.56 Å². The van der Waals surface area contributed by atoms with E-state index in [1.54, 1.807) is 18.0 Å². The molecular weight excluding hydrogens is 302 g/mol. The van der Waals surface area contributed by atoms with E-state index in [2.05, 4.69) is 15.3 Å². The van der Waals surface area contributed by atoms with Gasteiger partial charge >= 0.3 is 0 Å². The van der Waals surface area contributed by atoms with E-state index in [1.165, 1.54) is 4.52 Å². The van der Waals surface area contributed by atoms with Crippen LogP contribution in [-0.4, -0.2) is 62.7 Å². The fraction of sp³-hybridized carbons (Fsp3) is 0.571. The van der Waals surface area contributed by atoms with Crippen molar-refractivity contribution in [2.24, 2.45) is 0 Å². The van der Waals surface area contributed by atoms with Crippen LogP contribution in [0.25, 0.3) is 5.52 Å². The Morgan fingerprint density at radius 1 is 1.30 bits per heavy atom. The quantitative estimate of drug-likeness (QED) is 0.774. The lowest BCUT2D eigenvalue weighted by Gasteiger charge is -2.37. The molecule has 0 radical (unpaired) electrons. The maximum absolute atomic E-state index is 12.7. The van der Waals surface area contributed by atoms with Crippen molar-refractivity contribution in [3.63, 3.8) is 0 Å². The highest BCUT2D eigenvalue weighted by atomic mass is 16.7. The molecule has 0 saturated carbocycles. The van der Waals surface area contributed by atoms with Crippen molar-refractivity contribution in [2.75, 3.05) is 26.3 Å². The van der Waals surface area contributed by atoms with Crippen molar-refractivity contribution < 1.29 is 14.3 Å². The van der Waals surface area contributed by atoms with E-state index in [-0.39, 0.29) is 22.7 Å². The lowest BCUT2D eigenvalue weighted by atomic mass is 10.0. The van der Waals surface area contributed by atoms with Gasteiger partial charge in [-0.15, -0.1) is 5.10 Å². The summed E-state index contributed by atoms with van der Waals surface area (Å²) in [6.07, 6.45) is 2.87. The summed E-state index contributed by atoms with van der Waals surface area (Å²) in [6.45, 7) is 3.94. The number of piperidine rings is 1. The number of carbonyl (C=O) groups is 1. The lowest BCUT2D eigenvalue weighted by molar-refractivity contribution is -0.181. The number of aryl methyl sites for hydroxylation is 1. The third-order valence-corrected chi connectivity index (χ3v) is 4.36. The molecule has 0 aliphatic carbocycles. The summed E-state index contributed by atoms with van der Waals surface area (Å²) in [5.74, 6) is -0.831. The lowest BCUT2D eigenvalue weighted by Crippen LogP contribution is -2.47. The molecule has 122 valence electrons. The molecule has 0 unspecified atom stereocenters. The van der Waals surface area contributed by atoms with Crippen LogP contribution in [0.4, 0.5) is 0 Å². The third kappa shape index (κ3) is 2.32. The normalized spacial score (nSPS) is 20.5. The monoisotopic (exact) mass is 319 g/mol. The van der Waals surface area contributed by atoms with Crippen LogP contribution in [0.1, 0.15) is 29.0 Å². The number of aromatic nitrogens is 4. The predicted molar refractivity (Wildman–Crippen MR) is 78.1 cm³/mol. The minimum Gasteiger partial charge on any atom is -0.347 e. The number of hydrogen-bond acceptors (Lipinski definition) is 6. The predicted octanol–water partition coefficient (Wildman–Crippen LogP) is -0.295. The molecule has 23 heavy (non-hydrogen) atoms. The summed E-state index contributed by atoms with van der Waals surface area (Å²) in [5.41, 5.74) is 0.542. The molecule has 9 heteroatoms. The number of nitrogens with zero attached hydrogens (tertiary/aromatic N) is 4. The molecule has 2 saturated heterocycles. The van der Waals surface area contributed by atoms with E-state index in [1.807, 2.05) is 0 Å². The van der Waals surface area contributed by atoms with E-state index < -0.39 is 5.79 Å². The molecule has 2 aliphatic rings. The van der Waals surface area contributed by atoms with Gasteiger partial charge in [0, 0.05) is 31.6 Å². The minimum atomic E-state index is -0.542. The van der Waals surface area contributed by atoms with Crippen LogP contribution in [0.5, 0.6) is 0 Å². The summed E-state index contributed by atoms with van der Waals surface area (Å²) in [6, 6.07) is 0. The SMILES string of the molecule is Cc1cn2nnc(C(=O)N3CCC4(CC3)OCCO4)c2c(=O)[nH]1. The van der Waals surface area contributed by atoms with Gasteiger partial charge in [0.25, 0.3) is 11.5 Å². The zero-order valence-corrected chi connectivity index (χ0v) is 12.7. The minimum absolute atomic E-state index is 0.0791. The van der Waals surface area contributed by atoms with E-state index in [4.69, 9.17) is 9.47 Å². The van der Waals surface area contributed by atoms with Crippen LogP contribution in [0.3, 0.4) is 0 Å². The number of hydrogen-bond donors (Lipinski definition) is 1. The first kappa shape index (κ1) is 14.3. The molecule has 2 fully saturated rings. The Balaban J connectivity index is 1.59. The first-order valence-electron chi connectivity index (χ1n) is 7.60. The molecule has 0 bridgehead atoms. The number of fused-ring (bicyclic) bond motifs is 1. The molecule has 2 aromatic rings. The van der Waals surface area contributed by atoms with Gasteiger partial charge in [0.1, 0.15) is 0 Å². The van der Waals surface area contributed by atoms with Gasteiger partial charge in [0.05, 0.1) is 19.4 Å². The number of aromatic amines is 1. The molecule has 1 N–H and O–H groups in total. The van der Waals surface area contributed by atoms with Crippen LogP contribution in [0.2, 0.25) is 0 Å². The van der Waals surface area contributed by atoms with Gasteiger partial charge in [-0.25, -0.2) is 4.52 Å². The van der Waals surface area contributed by atoms with Crippen molar-refractivity contribution in [1.82, 2.24) is 24.7 Å². The number of carbonyl (C=O) groups excluding carboxylic acids is 1. The first-order chi connectivity index (χ1) is 11.1. The largest absolute Gasteiger partial charge is 0.347 e. The highest BCUT2D eigenvalue weighted by Crippen LogP contribution is 2.31. The average molecular weight is 319 g/mol. The fourth-order valence-corrected chi connectivity index (χ4v) is 3.18. The van der Waals surface area contributed by atoms with E-state index in [0.29, 0.717) is 44.8 Å². The molecule has 0 aromatic carbocycles. The Bertz CT molecular complexity index is 810. The summed E-state index contributed by atoms with van der Waals surface area (Å²) in [5, 5.41) is 7.78. The molecule has 1 spiro atoms. The number of nitrogens with one attached hydrogen (secondary N) is 1. The maximum atomic E-state index is 12.7. The van der Waals surface area contributed by atoms with Gasteiger partial charge in [-0.05, 0) is 6.92 Å². The standard InChI is InChI=1S/C14H17N5O4/c1-9-8-19-11(12(20)15-9)10(16-17-19)13(21)18-4-2-14(3-5-18)22-6-7-23-14/h8H,2-7H2,1H3,(H,15,20). The molecule has 4 rings (SSSR count).